The Morgan fingerprint density at radius 2 is 1.88 bits per heavy atom. The number of nitrogens with zero attached hydrogens (tertiary/aromatic N) is 2. The van der Waals surface area contributed by atoms with E-state index < -0.39 is 23.6 Å². The van der Waals surface area contributed by atoms with E-state index in [1.807, 2.05) is 0 Å². The third-order valence-electron chi connectivity index (χ3n) is 4.04. The van der Waals surface area contributed by atoms with Crippen molar-refractivity contribution in [2.24, 2.45) is 7.05 Å². The van der Waals surface area contributed by atoms with E-state index in [0.717, 1.165) is 12.1 Å². The second kappa shape index (κ2) is 6.78. The number of aromatic nitrogens is 1. The predicted molar refractivity (Wildman–Crippen MR) is 86.3 cm³/mol. The molecule has 2 rings (SSSR count). The van der Waals surface area contributed by atoms with E-state index in [1.165, 1.54) is 21.6 Å². The molecule has 0 atom stereocenters. The highest BCUT2D eigenvalue weighted by molar-refractivity contribution is 5.99. The number of carbonyl (C=O) groups is 2. The summed E-state index contributed by atoms with van der Waals surface area (Å²) >= 11 is 0. The Hall–Kier alpha value is -2.51. The predicted octanol–water partition coefficient (Wildman–Crippen LogP) is 3.52. The molecule has 25 heavy (non-hydrogen) atoms. The number of carbonyl (C=O) groups excluding carboxylic acids is 1. The van der Waals surface area contributed by atoms with Crippen molar-refractivity contribution in [3.8, 4) is 0 Å². The first-order valence-corrected chi connectivity index (χ1v) is 7.71. The molecule has 0 saturated carbocycles. The van der Waals surface area contributed by atoms with Gasteiger partial charge in [-0.3, -0.25) is 9.59 Å². The Labute approximate surface area is 142 Å². The number of alkyl halides is 3. The molecule has 0 spiro atoms. The van der Waals surface area contributed by atoms with Crippen molar-refractivity contribution in [3.05, 3.63) is 35.5 Å². The van der Waals surface area contributed by atoms with Crippen molar-refractivity contribution in [3.63, 3.8) is 0 Å². The van der Waals surface area contributed by atoms with Crippen LogP contribution in [0.25, 0.3) is 10.9 Å². The lowest BCUT2D eigenvalue weighted by Gasteiger charge is -2.26. The Morgan fingerprint density at radius 3 is 2.40 bits per heavy atom. The molecule has 1 aromatic carbocycles. The molecule has 0 aliphatic carbocycles. The summed E-state index contributed by atoms with van der Waals surface area (Å²) in [6.07, 6.45) is -4.66. The second-order valence-corrected chi connectivity index (χ2v) is 6.10. The largest absolute Gasteiger partial charge is 0.481 e. The minimum absolute atomic E-state index is 0.0289. The number of carboxylic acid groups (broad SMARTS) is 1. The summed E-state index contributed by atoms with van der Waals surface area (Å²) in [6, 6.07) is 4.47. The molecule has 0 unspecified atom stereocenters. The molecule has 0 radical (unpaired) electrons. The maximum atomic E-state index is 12.9. The van der Waals surface area contributed by atoms with Gasteiger partial charge in [0, 0.05) is 30.5 Å². The number of hydrogen-bond acceptors (Lipinski definition) is 2. The topological polar surface area (TPSA) is 62.5 Å². The maximum absolute atomic E-state index is 12.9. The summed E-state index contributed by atoms with van der Waals surface area (Å²) in [7, 11) is 1.60. The number of amides is 1. The Morgan fingerprint density at radius 1 is 1.24 bits per heavy atom. The molecule has 0 saturated heterocycles. The zero-order valence-electron chi connectivity index (χ0n) is 14.1. The lowest BCUT2D eigenvalue weighted by Crippen LogP contribution is -2.39. The van der Waals surface area contributed by atoms with Crippen molar-refractivity contribution in [1.29, 1.82) is 0 Å². The van der Waals surface area contributed by atoms with Crippen LogP contribution in [-0.2, 0) is 18.0 Å². The van der Waals surface area contributed by atoms with Gasteiger partial charge in [0.15, 0.2) is 0 Å². The van der Waals surface area contributed by atoms with Crippen LogP contribution in [0.2, 0.25) is 0 Å². The zero-order valence-corrected chi connectivity index (χ0v) is 14.1. The van der Waals surface area contributed by atoms with Crippen LogP contribution in [0.5, 0.6) is 0 Å². The second-order valence-electron chi connectivity index (χ2n) is 6.10. The smallest absolute Gasteiger partial charge is 0.416 e. The van der Waals surface area contributed by atoms with Crippen LogP contribution in [0.3, 0.4) is 0 Å². The van der Waals surface area contributed by atoms with Crippen molar-refractivity contribution >= 4 is 22.8 Å². The van der Waals surface area contributed by atoms with Crippen LogP contribution in [-0.4, -0.2) is 39.0 Å². The van der Waals surface area contributed by atoms with E-state index in [2.05, 4.69) is 0 Å². The highest BCUT2D eigenvalue weighted by atomic mass is 19.4. The molecule has 0 aliphatic rings. The van der Waals surface area contributed by atoms with Crippen molar-refractivity contribution in [2.75, 3.05) is 6.54 Å². The number of hydrogen-bond donors (Lipinski definition) is 1. The van der Waals surface area contributed by atoms with Gasteiger partial charge in [-0.25, -0.2) is 0 Å². The van der Waals surface area contributed by atoms with Crippen molar-refractivity contribution in [1.82, 2.24) is 9.47 Å². The van der Waals surface area contributed by atoms with Crippen LogP contribution in [0.15, 0.2) is 24.3 Å². The normalized spacial score (nSPS) is 12.0. The molecule has 5 nitrogen and oxygen atoms in total. The molecular formula is C17H19F3N2O3. The lowest BCUT2D eigenvalue weighted by molar-refractivity contribution is -0.138. The zero-order chi connectivity index (χ0) is 18.9. The summed E-state index contributed by atoms with van der Waals surface area (Å²) in [5, 5.41) is 9.13. The van der Waals surface area contributed by atoms with Crippen LogP contribution < -0.4 is 0 Å². The number of aryl methyl sites for hydroxylation is 1. The van der Waals surface area contributed by atoms with E-state index in [0.29, 0.717) is 10.9 Å². The number of aliphatic carboxylic acids is 1. The third kappa shape index (κ3) is 3.94. The van der Waals surface area contributed by atoms with Crippen LogP contribution >= 0.6 is 0 Å². The third-order valence-corrected chi connectivity index (χ3v) is 4.04. The Bertz CT molecular complexity index is 809. The first kappa shape index (κ1) is 18.8. The number of fused-ring (bicyclic) bond motifs is 1. The summed E-state index contributed by atoms with van der Waals surface area (Å²) in [5.41, 5.74) is -0.0668. The highest BCUT2D eigenvalue weighted by Gasteiger charge is 2.31. The summed E-state index contributed by atoms with van der Waals surface area (Å²) < 4.78 is 40.1. The lowest BCUT2D eigenvalue weighted by atomic mass is 10.1. The molecular weight excluding hydrogens is 337 g/mol. The van der Waals surface area contributed by atoms with Crippen molar-refractivity contribution in [2.45, 2.75) is 32.5 Å². The fourth-order valence-corrected chi connectivity index (χ4v) is 2.69. The molecule has 0 bridgehead atoms. The maximum Gasteiger partial charge on any atom is 0.416 e. The summed E-state index contributed by atoms with van der Waals surface area (Å²) in [5.74, 6) is -1.44. The standard InChI is InChI=1S/C17H19F3N2O3/c1-10(2)22(7-6-15(23)24)16(25)14-9-11-8-12(17(18,19)20)4-5-13(11)21(14)3/h4-5,8-10H,6-7H2,1-3H3,(H,23,24). The molecule has 1 amide bonds. The van der Waals surface area contributed by atoms with E-state index >= 15 is 0 Å². The summed E-state index contributed by atoms with van der Waals surface area (Å²) in [6.45, 7) is 3.54. The molecule has 2 aromatic rings. The minimum atomic E-state index is -4.46. The van der Waals surface area contributed by atoms with Gasteiger partial charge in [-0.15, -0.1) is 0 Å². The van der Waals surface area contributed by atoms with Gasteiger partial charge in [0.2, 0.25) is 0 Å². The van der Waals surface area contributed by atoms with Gasteiger partial charge < -0.3 is 14.6 Å². The summed E-state index contributed by atoms with van der Waals surface area (Å²) in [4.78, 5) is 24.9. The van der Waals surface area contributed by atoms with Crippen LogP contribution in [0, 0.1) is 0 Å². The first-order valence-electron chi connectivity index (χ1n) is 7.71. The monoisotopic (exact) mass is 356 g/mol. The van der Waals surface area contributed by atoms with E-state index in [1.54, 1.807) is 20.9 Å². The average Bonchev–Trinajstić information content (AvgIpc) is 2.82. The van der Waals surface area contributed by atoms with Crippen molar-refractivity contribution < 1.29 is 27.9 Å². The molecule has 8 heteroatoms. The fourth-order valence-electron chi connectivity index (χ4n) is 2.69. The molecule has 136 valence electrons. The van der Waals surface area contributed by atoms with Gasteiger partial charge in [0.05, 0.1) is 12.0 Å². The van der Waals surface area contributed by atoms with Gasteiger partial charge in [0.25, 0.3) is 5.91 Å². The molecule has 0 aliphatic heterocycles. The number of carboxylic acids is 1. The molecule has 1 aromatic heterocycles. The van der Waals surface area contributed by atoms with Gasteiger partial charge in [0.1, 0.15) is 5.69 Å². The molecule has 0 fully saturated rings. The molecule has 1 heterocycles. The Kier molecular flexibility index (Phi) is 5.10. The van der Waals surface area contributed by atoms with Gasteiger partial charge in [-0.05, 0) is 38.1 Å². The average molecular weight is 356 g/mol. The molecule has 1 N–H and O–H groups in total. The number of benzene rings is 1. The fraction of sp³-hybridized carbons (Fsp3) is 0.412. The highest BCUT2D eigenvalue weighted by Crippen LogP contribution is 2.32. The van der Waals surface area contributed by atoms with Crippen LogP contribution in [0.4, 0.5) is 13.2 Å². The van der Waals surface area contributed by atoms with Gasteiger partial charge >= 0.3 is 12.1 Å². The van der Waals surface area contributed by atoms with E-state index in [4.69, 9.17) is 5.11 Å². The van der Waals surface area contributed by atoms with Gasteiger partial charge in [-0.2, -0.15) is 13.2 Å². The Balaban J connectivity index is 2.43. The van der Waals surface area contributed by atoms with Gasteiger partial charge in [-0.1, -0.05) is 0 Å². The van der Waals surface area contributed by atoms with E-state index in [-0.39, 0.29) is 24.7 Å². The minimum Gasteiger partial charge on any atom is -0.481 e. The number of halogens is 3. The van der Waals surface area contributed by atoms with Crippen LogP contribution in [0.1, 0.15) is 36.3 Å². The number of rotatable bonds is 5. The quantitative estimate of drug-likeness (QED) is 0.892. The van der Waals surface area contributed by atoms with E-state index in [9.17, 15) is 22.8 Å². The first-order chi connectivity index (χ1) is 11.5. The SMILES string of the molecule is CC(C)N(CCC(=O)O)C(=O)c1cc2cc(C(F)(F)F)ccc2n1C.